The number of nitrogens with one attached hydrogen (secondary N) is 1. The highest BCUT2D eigenvalue weighted by atomic mass is 16.5. The summed E-state index contributed by atoms with van der Waals surface area (Å²) in [5.74, 6) is 0. The van der Waals surface area contributed by atoms with Crippen molar-refractivity contribution in [3.63, 3.8) is 0 Å². The smallest absolute Gasteiger partial charge is 0.112 e. The number of morpholine rings is 1. The van der Waals surface area contributed by atoms with Gasteiger partial charge in [-0.15, -0.1) is 0 Å². The number of ether oxygens (including phenoxy) is 1. The Hall–Kier alpha value is -1.66. The number of rotatable bonds is 2. The van der Waals surface area contributed by atoms with Crippen molar-refractivity contribution in [1.29, 1.82) is 0 Å². The minimum Gasteiger partial charge on any atom is -0.369 e. The van der Waals surface area contributed by atoms with E-state index in [0.717, 1.165) is 31.1 Å². The van der Waals surface area contributed by atoms with Crippen molar-refractivity contribution in [2.75, 3.05) is 19.7 Å². The second kappa shape index (κ2) is 4.31. The van der Waals surface area contributed by atoms with Crippen LogP contribution in [0.3, 0.4) is 0 Å². The molecule has 1 aliphatic heterocycles. The quantitative estimate of drug-likeness (QED) is 0.808. The fourth-order valence-corrected chi connectivity index (χ4v) is 2.05. The van der Waals surface area contributed by atoms with Crippen molar-refractivity contribution in [3.8, 4) is 5.69 Å². The van der Waals surface area contributed by atoms with Crippen LogP contribution in [0, 0.1) is 0 Å². The van der Waals surface area contributed by atoms with Crippen LogP contribution < -0.4 is 5.32 Å². The summed E-state index contributed by atoms with van der Waals surface area (Å²) in [5.41, 5.74) is 2.07. The third-order valence-corrected chi connectivity index (χ3v) is 2.89. The van der Waals surface area contributed by atoms with E-state index in [1.165, 1.54) is 0 Å². The molecule has 0 radical (unpaired) electrons. The van der Waals surface area contributed by atoms with Crippen LogP contribution in [0.5, 0.6) is 0 Å². The first kappa shape index (κ1) is 10.5. The highest BCUT2D eigenvalue weighted by Crippen LogP contribution is 2.21. The maximum atomic E-state index is 5.74. The highest BCUT2D eigenvalue weighted by Gasteiger charge is 2.20. The maximum Gasteiger partial charge on any atom is 0.112 e. The predicted octanol–water partition coefficient (Wildman–Crippen LogP) is 0.267. The van der Waals surface area contributed by atoms with E-state index in [4.69, 9.17) is 4.74 Å². The molecule has 2 aromatic heterocycles. The molecule has 1 N–H and O–H groups in total. The first-order valence-electron chi connectivity index (χ1n) is 5.68. The number of nitrogens with zero attached hydrogens (tertiary/aromatic N) is 4. The molecule has 90 valence electrons. The molecule has 0 bridgehead atoms. The van der Waals surface area contributed by atoms with Crippen molar-refractivity contribution >= 4 is 0 Å². The summed E-state index contributed by atoms with van der Waals surface area (Å²) >= 11 is 0. The molecular weight excluding hydrogens is 218 g/mol. The van der Waals surface area contributed by atoms with E-state index in [1.54, 1.807) is 11.0 Å². The lowest BCUT2D eigenvalue weighted by molar-refractivity contribution is 0.0240. The van der Waals surface area contributed by atoms with Gasteiger partial charge in [-0.25, -0.2) is 4.98 Å². The zero-order chi connectivity index (χ0) is 11.7. The average molecular weight is 233 g/mol. The highest BCUT2D eigenvalue weighted by molar-refractivity contribution is 5.29. The van der Waals surface area contributed by atoms with Crippen LogP contribution in [0.1, 0.15) is 11.8 Å². The van der Waals surface area contributed by atoms with Gasteiger partial charge in [-0.2, -0.15) is 5.10 Å². The fourth-order valence-electron chi connectivity index (χ4n) is 2.05. The molecule has 1 aliphatic rings. The molecule has 0 aromatic carbocycles. The van der Waals surface area contributed by atoms with E-state index < -0.39 is 0 Å². The number of aromatic nitrogens is 4. The van der Waals surface area contributed by atoms with Crippen LogP contribution in [0.15, 0.2) is 24.9 Å². The van der Waals surface area contributed by atoms with Gasteiger partial charge in [-0.1, -0.05) is 0 Å². The molecule has 6 nitrogen and oxygen atoms in total. The third kappa shape index (κ3) is 1.96. The molecule has 1 unspecified atom stereocenters. The number of hydrogen-bond acceptors (Lipinski definition) is 4. The molecule has 0 aliphatic carbocycles. The Morgan fingerprint density at radius 1 is 1.47 bits per heavy atom. The van der Waals surface area contributed by atoms with Crippen LogP contribution >= 0.6 is 0 Å². The Morgan fingerprint density at radius 3 is 3.12 bits per heavy atom. The van der Waals surface area contributed by atoms with E-state index in [2.05, 4.69) is 15.4 Å². The topological polar surface area (TPSA) is 56.9 Å². The van der Waals surface area contributed by atoms with E-state index in [-0.39, 0.29) is 6.10 Å². The van der Waals surface area contributed by atoms with E-state index in [9.17, 15) is 0 Å². The van der Waals surface area contributed by atoms with E-state index in [1.807, 2.05) is 30.2 Å². The maximum absolute atomic E-state index is 5.74. The Morgan fingerprint density at radius 2 is 2.41 bits per heavy atom. The van der Waals surface area contributed by atoms with E-state index in [0.29, 0.717) is 0 Å². The van der Waals surface area contributed by atoms with Gasteiger partial charge < -0.3 is 10.1 Å². The van der Waals surface area contributed by atoms with Crippen molar-refractivity contribution in [3.05, 3.63) is 30.6 Å². The summed E-state index contributed by atoms with van der Waals surface area (Å²) in [7, 11) is 1.90. The Bertz CT molecular complexity index is 497. The normalized spacial score (nSPS) is 20.6. The van der Waals surface area contributed by atoms with Gasteiger partial charge in [-0.05, 0) is 0 Å². The van der Waals surface area contributed by atoms with Gasteiger partial charge in [0.2, 0.25) is 0 Å². The minimum absolute atomic E-state index is 0.0615. The number of hydrogen-bond donors (Lipinski definition) is 1. The third-order valence-electron chi connectivity index (χ3n) is 2.89. The van der Waals surface area contributed by atoms with Gasteiger partial charge in [0.1, 0.15) is 6.10 Å². The average Bonchev–Trinajstić information content (AvgIpc) is 2.98. The van der Waals surface area contributed by atoms with Gasteiger partial charge in [0.15, 0.2) is 0 Å². The van der Waals surface area contributed by atoms with Crippen molar-refractivity contribution in [2.45, 2.75) is 6.10 Å². The second-order valence-corrected chi connectivity index (χ2v) is 4.12. The molecule has 1 saturated heterocycles. The van der Waals surface area contributed by atoms with E-state index >= 15 is 0 Å². The molecular formula is C11H15N5O. The monoisotopic (exact) mass is 233 g/mol. The van der Waals surface area contributed by atoms with Gasteiger partial charge >= 0.3 is 0 Å². The molecule has 2 aromatic rings. The standard InChI is InChI=1S/C11H15N5O/c1-15-7-9(4-14-15)16-8-13-5-10(16)11-6-12-2-3-17-11/h4-5,7-8,11-12H,2-3,6H2,1H3. The Labute approximate surface area is 99.2 Å². The Balaban J connectivity index is 1.93. The molecule has 17 heavy (non-hydrogen) atoms. The fraction of sp³-hybridized carbons (Fsp3) is 0.455. The summed E-state index contributed by atoms with van der Waals surface area (Å²) in [4.78, 5) is 4.20. The molecule has 3 heterocycles. The SMILES string of the molecule is Cn1cc(-n2cncc2C2CNCCO2)cn1. The number of aryl methyl sites for hydroxylation is 1. The number of imidazole rings is 1. The Kier molecular flexibility index (Phi) is 2.66. The van der Waals surface area contributed by atoms with Crippen LogP contribution in [-0.4, -0.2) is 39.0 Å². The molecule has 0 saturated carbocycles. The molecule has 0 amide bonds. The van der Waals surface area contributed by atoms with Crippen LogP contribution in [0.25, 0.3) is 5.69 Å². The zero-order valence-corrected chi connectivity index (χ0v) is 9.71. The summed E-state index contributed by atoms with van der Waals surface area (Å²) in [6.07, 6.45) is 7.49. The van der Waals surface area contributed by atoms with Gasteiger partial charge in [0, 0.05) is 26.3 Å². The minimum atomic E-state index is 0.0615. The van der Waals surface area contributed by atoms with Gasteiger partial charge in [0.05, 0.1) is 36.7 Å². The zero-order valence-electron chi connectivity index (χ0n) is 9.71. The van der Waals surface area contributed by atoms with Crippen LogP contribution in [0.4, 0.5) is 0 Å². The lowest BCUT2D eigenvalue weighted by Gasteiger charge is -2.24. The first-order chi connectivity index (χ1) is 8.34. The summed E-state index contributed by atoms with van der Waals surface area (Å²) in [6, 6.07) is 0. The molecule has 1 atom stereocenters. The predicted molar refractivity (Wildman–Crippen MR) is 61.9 cm³/mol. The van der Waals surface area contributed by atoms with Crippen molar-refractivity contribution in [1.82, 2.24) is 24.6 Å². The van der Waals surface area contributed by atoms with Crippen molar-refractivity contribution < 1.29 is 4.74 Å². The largest absolute Gasteiger partial charge is 0.369 e. The van der Waals surface area contributed by atoms with Crippen LogP contribution in [-0.2, 0) is 11.8 Å². The lowest BCUT2D eigenvalue weighted by atomic mass is 10.2. The second-order valence-electron chi connectivity index (χ2n) is 4.12. The van der Waals surface area contributed by atoms with Gasteiger partial charge in [-0.3, -0.25) is 9.25 Å². The van der Waals surface area contributed by atoms with Crippen LogP contribution in [0.2, 0.25) is 0 Å². The first-order valence-corrected chi connectivity index (χ1v) is 5.68. The lowest BCUT2D eigenvalue weighted by Crippen LogP contribution is -2.34. The molecule has 6 heteroatoms. The molecule has 0 spiro atoms. The summed E-state index contributed by atoms with van der Waals surface area (Å²) in [5, 5.41) is 7.49. The summed E-state index contributed by atoms with van der Waals surface area (Å²) < 4.78 is 9.54. The molecule has 1 fully saturated rings. The van der Waals surface area contributed by atoms with Gasteiger partial charge in [0.25, 0.3) is 0 Å². The molecule has 3 rings (SSSR count). The van der Waals surface area contributed by atoms with Crippen molar-refractivity contribution in [2.24, 2.45) is 7.05 Å². The summed E-state index contributed by atoms with van der Waals surface area (Å²) in [6.45, 7) is 2.48.